The highest BCUT2D eigenvalue weighted by molar-refractivity contribution is 7.84. The smallest absolute Gasteiger partial charge is 0.493 e. The molecule has 36 heavy (non-hydrogen) atoms. The van der Waals surface area contributed by atoms with Gasteiger partial charge in [-0.25, -0.2) is 19.1 Å². The van der Waals surface area contributed by atoms with E-state index in [1.807, 2.05) is 6.92 Å². The number of ether oxygens (including phenoxy) is 4. The summed E-state index contributed by atoms with van der Waals surface area (Å²) < 4.78 is 35.1. The van der Waals surface area contributed by atoms with E-state index in [9.17, 15) is 13.8 Å². The Morgan fingerprint density at radius 1 is 1.11 bits per heavy atom. The highest BCUT2D eigenvalue weighted by Gasteiger charge is 2.22. The molecule has 0 radical (unpaired) electrons. The number of nitrogens with zero attached hydrogens (tertiary/aromatic N) is 3. The first kappa shape index (κ1) is 27.1. The summed E-state index contributed by atoms with van der Waals surface area (Å²) in [7, 11) is -0.0613. The number of methoxy groups -OCH3 is 1. The summed E-state index contributed by atoms with van der Waals surface area (Å²) in [6.45, 7) is 4.75. The van der Waals surface area contributed by atoms with Gasteiger partial charge in [0.2, 0.25) is 5.16 Å². The third-order valence-electron chi connectivity index (χ3n) is 5.07. The van der Waals surface area contributed by atoms with Crippen molar-refractivity contribution in [2.24, 2.45) is 0 Å². The number of para-hydroxylation sites is 2. The normalized spacial score (nSPS) is 11.8. The minimum absolute atomic E-state index is 0.0410. The molecule has 1 unspecified atom stereocenters. The maximum atomic E-state index is 13.4. The van der Waals surface area contributed by atoms with Crippen LogP contribution < -0.4 is 10.1 Å². The van der Waals surface area contributed by atoms with E-state index in [0.29, 0.717) is 35.7 Å². The van der Waals surface area contributed by atoms with Gasteiger partial charge < -0.3 is 24.3 Å². The monoisotopic (exact) mass is 518 g/mol. The van der Waals surface area contributed by atoms with Gasteiger partial charge in [-0.15, -0.1) is 0 Å². The van der Waals surface area contributed by atoms with Crippen molar-refractivity contribution in [3.63, 3.8) is 0 Å². The molecule has 0 aliphatic rings. The molecular weight excluding hydrogens is 488 g/mol. The minimum Gasteiger partial charge on any atom is -0.493 e. The molecule has 0 aliphatic carbocycles. The van der Waals surface area contributed by atoms with Crippen LogP contribution in [0.5, 0.6) is 5.75 Å². The first-order valence-corrected chi connectivity index (χ1v) is 12.8. The Labute approximate surface area is 211 Å². The molecule has 194 valence electrons. The zero-order valence-corrected chi connectivity index (χ0v) is 21.3. The molecule has 0 aliphatic heterocycles. The largest absolute Gasteiger partial charge is 0.508 e. The number of fused-ring (bicyclic) bond motifs is 1. The Bertz CT molecular complexity index is 1210. The summed E-state index contributed by atoms with van der Waals surface area (Å²) in [5.41, 5.74) is 2.38. The lowest BCUT2D eigenvalue weighted by Gasteiger charge is -2.13. The number of nitrogens with one attached hydrogen (secondary N) is 1. The predicted octanol–water partition coefficient (Wildman–Crippen LogP) is 3.19. The molecule has 2 aromatic heterocycles. The first-order valence-electron chi connectivity index (χ1n) is 11.5. The molecular formula is C24H30N4O7S. The Morgan fingerprint density at radius 2 is 1.92 bits per heavy atom. The number of rotatable bonds is 12. The highest BCUT2D eigenvalue weighted by Crippen LogP contribution is 2.24. The number of imidazole rings is 1. The molecule has 0 saturated heterocycles. The molecule has 1 N–H and O–H groups in total. The molecule has 2 heterocycles. The van der Waals surface area contributed by atoms with Crippen LogP contribution in [0.25, 0.3) is 11.0 Å². The lowest BCUT2D eigenvalue weighted by Crippen LogP contribution is -2.33. The second-order valence-corrected chi connectivity index (χ2v) is 8.89. The molecule has 12 heteroatoms. The van der Waals surface area contributed by atoms with E-state index in [2.05, 4.69) is 20.0 Å². The van der Waals surface area contributed by atoms with Gasteiger partial charge in [-0.3, -0.25) is 9.19 Å². The summed E-state index contributed by atoms with van der Waals surface area (Å²) in [4.78, 5) is 33.2. The zero-order valence-electron chi connectivity index (χ0n) is 20.5. The summed E-state index contributed by atoms with van der Waals surface area (Å²) in [5, 5.41) is 2.75. The highest BCUT2D eigenvalue weighted by atomic mass is 32.2. The average molecular weight is 519 g/mol. The number of carbonyl (C=O) groups is 2. The van der Waals surface area contributed by atoms with Gasteiger partial charge in [0.15, 0.2) is 0 Å². The van der Waals surface area contributed by atoms with E-state index in [0.717, 1.165) is 12.0 Å². The fraction of sp³-hybridized carbons (Fsp3) is 0.417. The molecule has 1 aromatic carbocycles. The van der Waals surface area contributed by atoms with E-state index in [4.69, 9.17) is 14.2 Å². The second-order valence-electron chi connectivity index (χ2n) is 7.55. The van der Waals surface area contributed by atoms with Crippen molar-refractivity contribution in [3.05, 3.63) is 47.8 Å². The minimum atomic E-state index is -1.70. The van der Waals surface area contributed by atoms with Crippen LogP contribution in [-0.2, 0) is 30.8 Å². The quantitative estimate of drug-likeness (QED) is 0.284. The van der Waals surface area contributed by atoms with Gasteiger partial charge in [0.1, 0.15) is 12.4 Å². The van der Waals surface area contributed by atoms with Crippen LogP contribution in [-0.4, -0.2) is 71.0 Å². The van der Waals surface area contributed by atoms with Crippen LogP contribution in [0.2, 0.25) is 0 Å². The summed E-state index contributed by atoms with van der Waals surface area (Å²) in [6, 6.07) is 8.22. The number of aromatic nitrogens is 3. The van der Waals surface area contributed by atoms with Crippen LogP contribution in [0.3, 0.4) is 0 Å². The number of pyridine rings is 1. The second kappa shape index (κ2) is 13.5. The van der Waals surface area contributed by atoms with Gasteiger partial charge in [0, 0.05) is 31.9 Å². The molecule has 1 atom stereocenters. The van der Waals surface area contributed by atoms with Crippen molar-refractivity contribution in [1.29, 1.82) is 0 Å². The molecule has 3 aromatic rings. The Hall–Kier alpha value is -3.51. The van der Waals surface area contributed by atoms with E-state index in [1.165, 1.54) is 4.57 Å². The Balaban J connectivity index is 1.76. The van der Waals surface area contributed by atoms with Crippen molar-refractivity contribution < 1.29 is 32.7 Å². The van der Waals surface area contributed by atoms with Crippen LogP contribution in [0.1, 0.15) is 24.6 Å². The van der Waals surface area contributed by atoms with Crippen molar-refractivity contribution in [3.8, 4) is 5.75 Å². The SMILES string of the molecule is CCOC(=O)OCCNC(=O)n1c(S(=O)Cc2nccc(OCCCOC)c2C)nc2ccccc21. The molecule has 0 spiro atoms. The average Bonchev–Trinajstić information content (AvgIpc) is 3.26. The lowest BCUT2D eigenvalue weighted by atomic mass is 10.2. The van der Waals surface area contributed by atoms with Crippen LogP contribution >= 0.6 is 0 Å². The lowest BCUT2D eigenvalue weighted by molar-refractivity contribution is 0.0601. The van der Waals surface area contributed by atoms with Crippen molar-refractivity contribution in [1.82, 2.24) is 19.9 Å². The van der Waals surface area contributed by atoms with Crippen LogP contribution in [0, 0.1) is 6.92 Å². The van der Waals surface area contributed by atoms with Crippen molar-refractivity contribution in [2.45, 2.75) is 31.2 Å². The predicted molar refractivity (Wildman–Crippen MR) is 133 cm³/mol. The number of benzene rings is 1. The number of hydrogen-bond acceptors (Lipinski definition) is 9. The first-order chi connectivity index (χ1) is 17.5. The fourth-order valence-electron chi connectivity index (χ4n) is 3.32. The number of hydrogen-bond donors (Lipinski definition) is 1. The maximum absolute atomic E-state index is 13.4. The van der Waals surface area contributed by atoms with Gasteiger partial charge >= 0.3 is 12.2 Å². The standard InChI is InChI=1S/C24H30N4O7S/c1-4-33-24(30)35-15-12-26-22(29)28-20-9-6-5-8-18(20)27-23(28)36(31)16-19-17(2)21(10-11-25-19)34-14-7-13-32-3/h5-6,8-11H,4,7,12-16H2,1-3H3,(H,26,29). The van der Waals surface area contributed by atoms with Crippen molar-refractivity contribution >= 4 is 34.0 Å². The van der Waals surface area contributed by atoms with E-state index < -0.39 is 23.0 Å². The van der Waals surface area contributed by atoms with Gasteiger partial charge in [-0.2, -0.15) is 0 Å². The Morgan fingerprint density at radius 3 is 2.69 bits per heavy atom. The molecule has 11 nitrogen and oxygen atoms in total. The van der Waals surface area contributed by atoms with Crippen molar-refractivity contribution in [2.75, 3.05) is 40.1 Å². The van der Waals surface area contributed by atoms with E-state index >= 15 is 0 Å². The third-order valence-corrected chi connectivity index (χ3v) is 6.29. The van der Waals surface area contributed by atoms with Gasteiger partial charge in [-0.05, 0) is 32.0 Å². The molecule has 0 bridgehead atoms. The molecule has 1 amide bonds. The van der Waals surface area contributed by atoms with E-state index in [-0.39, 0.29) is 30.7 Å². The summed E-state index contributed by atoms with van der Waals surface area (Å²) >= 11 is 0. The summed E-state index contributed by atoms with van der Waals surface area (Å²) in [5.74, 6) is 0.699. The maximum Gasteiger partial charge on any atom is 0.508 e. The Kier molecular flexibility index (Phi) is 10.2. The number of amides is 1. The molecule has 0 saturated carbocycles. The van der Waals surface area contributed by atoms with Gasteiger partial charge in [-0.1, -0.05) is 12.1 Å². The topological polar surface area (TPSA) is 131 Å². The third kappa shape index (κ3) is 7.01. The molecule has 3 rings (SSSR count). The summed E-state index contributed by atoms with van der Waals surface area (Å²) in [6.07, 6.45) is 1.53. The number of carbonyl (C=O) groups excluding carboxylic acids is 2. The molecule has 0 fully saturated rings. The van der Waals surface area contributed by atoms with Crippen LogP contribution in [0.4, 0.5) is 9.59 Å². The van der Waals surface area contributed by atoms with Gasteiger partial charge in [0.25, 0.3) is 0 Å². The van der Waals surface area contributed by atoms with Crippen LogP contribution in [0.15, 0.2) is 41.7 Å². The van der Waals surface area contributed by atoms with Gasteiger partial charge in [0.05, 0.1) is 53.0 Å². The fourth-order valence-corrected chi connectivity index (χ4v) is 4.57. The zero-order chi connectivity index (χ0) is 25.9. The van der Waals surface area contributed by atoms with E-state index in [1.54, 1.807) is 50.6 Å².